The molecule has 0 radical (unpaired) electrons. The summed E-state index contributed by atoms with van der Waals surface area (Å²) >= 11 is 1.64. The second-order valence-electron chi connectivity index (χ2n) is 3.56. The minimum absolute atomic E-state index is 0.0583. The van der Waals surface area contributed by atoms with Crippen molar-refractivity contribution >= 4 is 17.5 Å². The highest BCUT2D eigenvalue weighted by molar-refractivity contribution is 7.98. The van der Waals surface area contributed by atoms with Crippen molar-refractivity contribution < 1.29 is 4.79 Å². The second kappa shape index (κ2) is 6.34. The summed E-state index contributed by atoms with van der Waals surface area (Å²) in [6, 6.07) is 9.50. The molecule has 1 aromatic rings. The normalized spacial score (nSPS) is 11.8. The lowest BCUT2D eigenvalue weighted by molar-refractivity contribution is 0.0943. The summed E-state index contributed by atoms with van der Waals surface area (Å²) in [5, 5.41) is 8.91. The van der Waals surface area contributed by atoms with Gasteiger partial charge in [-0.3, -0.25) is 4.79 Å². The van der Waals surface area contributed by atoms with Crippen molar-refractivity contribution in [2.45, 2.75) is 24.7 Å². The molecule has 3 heteroatoms. The smallest absolute Gasteiger partial charge is 0.179 e. The van der Waals surface area contributed by atoms with Crippen LogP contribution in [0.5, 0.6) is 0 Å². The van der Waals surface area contributed by atoms with E-state index >= 15 is 0 Å². The highest BCUT2D eigenvalue weighted by atomic mass is 32.2. The number of ketones is 1. The molecule has 0 aromatic heterocycles. The number of Topliss-reactive ketones (excluding diaryl/α,β-unsaturated/α-hetero) is 1. The first-order chi connectivity index (χ1) is 7.72. The average Bonchev–Trinajstić information content (AvgIpc) is 2.35. The zero-order valence-electron chi connectivity index (χ0n) is 9.56. The van der Waals surface area contributed by atoms with Crippen LogP contribution < -0.4 is 0 Å². The van der Waals surface area contributed by atoms with Gasteiger partial charge in [0.25, 0.3) is 0 Å². The summed E-state index contributed by atoms with van der Waals surface area (Å²) in [6.45, 7) is 1.98. The Kier molecular flexibility index (Phi) is 5.07. The number of benzene rings is 1. The van der Waals surface area contributed by atoms with Crippen LogP contribution in [0.3, 0.4) is 0 Å². The van der Waals surface area contributed by atoms with Crippen LogP contribution in [0.4, 0.5) is 0 Å². The van der Waals surface area contributed by atoms with Gasteiger partial charge in [-0.25, -0.2) is 0 Å². The lowest BCUT2D eigenvalue weighted by Crippen LogP contribution is -2.12. The van der Waals surface area contributed by atoms with Crippen molar-refractivity contribution in [1.82, 2.24) is 0 Å². The highest BCUT2D eigenvalue weighted by Gasteiger charge is 2.18. The predicted octanol–water partition coefficient (Wildman–Crippen LogP) is 3.53. The summed E-state index contributed by atoms with van der Waals surface area (Å²) in [6.07, 6.45) is 3.48. The topological polar surface area (TPSA) is 40.9 Å². The fourth-order valence-electron chi connectivity index (χ4n) is 1.50. The van der Waals surface area contributed by atoms with Crippen LogP contribution in [0.2, 0.25) is 0 Å². The Morgan fingerprint density at radius 3 is 2.50 bits per heavy atom. The van der Waals surface area contributed by atoms with Crippen LogP contribution in [-0.4, -0.2) is 12.0 Å². The van der Waals surface area contributed by atoms with Crippen molar-refractivity contribution in [2.75, 3.05) is 6.26 Å². The maximum atomic E-state index is 11.9. The van der Waals surface area contributed by atoms with Gasteiger partial charge < -0.3 is 0 Å². The van der Waals surface area contributed by atoms with Gasteiger partial charge in [-0.2, -0.15) is 5.26 Å². The van der Waals surface area contributed by atoms with Gasteiger partial charge >= 0.3 is 0 Å². The van der Waals surface area contributed by atoms with Crippen molar-refractivity contribution in [1.29, 1.82) is 5.26 Å². The molecule has 1 atom stereocenters. The molecule has 0 heterocycles. The molecule has 0 saturated heterocycles. The van der Waals surface area contributed by atoms with Crippen molar-refractivity contribution in [3.8, 4) is 6.07 Å². The average molecular weight is 233 g/mol. The van der Waals surface area contributed by atoms with Gasteiger partial charge in [0, 0.05) is 10.5 Å². The zero-order valence-corrected chi connectivity index (χ0v) is 10.4. The molecule has 1 unspecified atom stereocenters. The van der Waals surface area contributed by atoms with E-state index in [1.165, 1.54) is 0 Å². The molecule has 84 valence electrons. The van der Waals surface area contributed by atoms with Crippen molar-refractivity contribution in [3.05, 3.63) is 29.8 Å². The molecule has 0 N–H and O–H groups in total. The molecule has 0 saturated carbocycles. The Hall–Kier alpha value is -1.27. The second-order valence-corrected chi connectivity index (χ2v) is 4.44. The summed E-state index contributed by atoms with van der Waals surface area (Å²) in [5.41, 5.74) is 0.637. The lowest BCUT2D eigenvalue weighted by Gasteiger charge is -2.06. The third-order valence-electron chi connectivity index (χ3n) is 2.42. The number of carbonyl (C=O) groups excluding carboxylic acids is 1. The van der Waals surface area contributed by atoms with E-state index < -0.39 is 5.92 Å². The molecular weight excluding hydrogens is 218 g/mol. The first kappa shape index (κ1) is 12.8. The fraction of sp³-hybridized carbons (Fsp3) is 0.385. The van der Waals surface area contributed by atoms with Crippen molar-refractivity contribution in [3.63, 3.8) is 0 Å². The first-order valence-corrected chi connectivity index (χ1v) is 6.53. The molecule has 0 aliphatic heterocycles. The first-order valence-electron chi connectivity index (χ1n) is 5.30. The zero-order chi connectivity index (χ0) is 12.0. The molecule has 0 fully saturated rings. The van der Waals surface area contributed by atoms with E-state index in [-0.39, 0.29) is 5.78 Å². The predicted molar refractivity (Wildman–Crippen MR) is 66.6 cm³/mol. The quantitative estimate of drug-likeness (QED) is 0.577. The number of rotatable bonds is 5. The maximum Gasteiger partial charge on any atom is 0.179 e. The standard InChI is InChI=1S/C13H15NOS/c1-3-4-11(9-14)13(15)10-5-7-12(16-2)8-6-10/h5-8,11H,3-4H2,1-2H3. The van der Waals surface area contributed by atoms with Crippen LogP contribution in [0.25, 0.3) is 0 Å². The molecule has 1 rings (SSSR count). The molecule has 0 amide bonds. The van der Waals surface area contributed by atoms with E-state index in [9.17, 15) is 4.79 Å². The monoisotopic (exact) mass is 233 g/mol. The van der Waals surface area contributed by atoms with E-state index in [0.29, 0.717) is 12.0 Å². The molecule has 0 aliphatic rings. The van der Waals surface area contributed by atoms with Gasteiger partial charge in [0.1, 0.15) is 5.92 Å². The van der Waals surface area contributed by atoms with Gasteiger partial charge in [-0.15, -0.1) is 11.8 Å². The van der Waals surface area contributed by atoms with Gasteiger partial charge in [-0.05, 0) is 24.8 Å². The minimum Gasteiger partial charge on any atom is -0.293 e. The Bertz CT molecular complexity index is 391. The van der Waals surface area contributed by atoms with Crippen molar-refractivity contribution in [2.24, 2.45) is 5.92 Å². The molecule has 0 aliphatic carbocycles. The number of thioether (sulfide) groups is 1. The Morgan fingerprint density at radius 1 is 1.44 bits per heavy atom. The number of nitriles is 1. The number of nitrogens with zero attached hydrogens (tertiary/aromatic N) is 1. The largest absolute Gasteiger partial charge is 0.293 e. The molecule has 0 bridgehead atoms. The van der Waals surface area contributed by atoms with Gasteiger partial charge in [0.05, 0.1) is 6.07 Å². The van der Waals surface area contributed by atoms with E-state index in [0.717, 1.165) is 11.3 Å². The van der Waals surface area contributed by atoms with Crippen LogP contribution >= 0.6 is 11.8 Å². The fourth-order valence-corrected chi connectivity index (χ4v) is 1.91. The van der Waals surface area contributed by atoms with E-state index in [2.05, 4.69) is 6.07 Å². The van der Waals surface area contributed by atoms with Crippen LogP contribution in [-0.2, 0) is 0 Å². The SMILES string of the molecule is CCCC(C#N)C(=O)c1ccc(SC)cc1. The van der Waals surface area contributed by atoms with Gasteiger partial charge in [0.2, 0.25) is 0 Å². The maximum absolute atomic E-state index is 11.9. The summed E-state index contributed by atoms with van der Waals surface area (Å²) in [7, 11) is 0. The Labute approximate surface area is 101 Å². The number of carbonyl (C=O) groups is 1. The van der Waals surface area contributed by atoms with Gasteiger partial charge in [0.15, 0.2) is 5.78 Å². The summed E-state index contributed by atoms with van der Waals surface area (Å²) < 4.78 is 0. The molecular formula is C13H15NOS. The van der Waals surface area contributed by atoms with E-state index in [1.54, 1.807) is 23.9 Å². The van der Waals surface area contributed by atoms with Gasteiger partial charge in [-0.1, -0.05) is 25.5 Å². The van der Waals surface area contributed by atoms with Crippen LogP contribution in [0, 0.1) is 17.2 Å². The number of hydrogen-bond acceptors (Lipinski definition) is 3. The Balaban J connectivity index is 2.83. The summed E-state index contributed by atoms with van der Waals surface area (Å²) in [4.78, 5) is 13.1. The Morgan fingerprint density at radius 2 is 2.06 bits per heavy atom. The molecule has 2 nitrogen and oxygen atoms in total. The molecule has 16 heavy (non-hydrogen) atoms. The van der Waals surface area contributed by atoms with Crippen LogP contribution in [0.1, 0.15) is 30.1 Å². The molecule has 1 aromatic carbocycles. The third kappa shape index (κ3) is 3.11. The minimum atomic E-state index is -0.495. The highest BCUT2D eigenvalue weighted by Crippen LogP contribution is 2.18. The third-order valence-corrected chi connectivity index (χ3v) is 3.17. The number of hydrogen-bond donors (Lipinski definition) is 0. The van der Waals surface area contributed by atoms with E-state index in [1.807, 2.05) is 25.3 Å². The van der Waals surface area contributed by atoms with Crippen LogP contribution in [0.15, 0.2) is 29.2 Å². The summed E-state index contributed by atoms with van der Waals surface area (Å²) in [5.74, 6) is -0.554. The van der Waals surface area contributed by atoms with E-state index in [4.69, 9.17) is 5.26 Å². The lowest BCUT2D eigenvalue weighted by atomic mass is 9.95. The molecule has 0 spiro atoms.